The predicted molar refractivity (Wildman–Crippen MR) is 137 cm³/mol. The summed E-state index contributed by atoms with van der Waals surface area (Å²) in [5.74, 6) is 0.650. The zero-order valence-corrected chi connectivity index (χ0v) is 21.3. The molecule has 186 valence electrons. The summed E-state index contributed by atoms with van der Waals surface area (Å²) in [4.78, 5) is 14.8. The molecule has 3 N–H and O–H groups in total. The van der Waals surface area contributed by atoms with E-state index in [9.17, 15) is 13.2 Å². The molecule has 0 radical (unpaired) electrons. The SMILES string of the molecule is CC1CCCN(Cc2ccc(CNC(=O)NCc3ccccc3CS(=O)(=O)NC(C)C)cc2)C1. The Balaban J connectivity index is 1.46. The number of urea groups is 1. The third-order valence-corrected chi connectivity index (χ3v) is 7.46. The molecule has 1 saturated heterocycles. The fourth-order valence-corrected chi connectivity index (χ4v) is 5.84. The van der Waals surface area contributed by atoms with Crippen LogP contribution in [0.4, 0.5) is 4.79 Å². The van der Waals surface area contributed by atoms with Crippen molar-refractivity contribution in [1.29, 1.82) is 0 Å². The highest BCUT2D eigenvalue weighted by Gasteiger charge is 2.17. The molecule has 0 aliphatic carbocycles. The molecule has 34 heavy (non-hydrogen) atoms. The van der Waals surface area contributed by atoms with E-state index >= 15 is 0 Å². The molecule has 0 spiro atoms. The van der Waals surface area contributed by atoms with Gasteiger partial charge in [-0.3, -0.25) is 4.90 Å². The van der Waals surface area contributed by atoms with E-state index < -0.39 is 10.0 Å². The predicted octanol–water partition coefficient (Wildman–Crippen LogP) is 3.75. The van der Waals surface area contributed by atoms with Crippen molar-refractivity contribution in [3.05, 3.63) is 70.8 Å². The molecule has 2 aromatic carbocycles. The van der Waals surface area contributed by atoms with Crippen molar-refractivity contribution in [3.8, 4) is 0 Å². The van der Waals surface area contributed by atoms with Gasteiger partial charge in [-0.25, -0.2) is 17.9 Å². The summed E-state index contributed by atoms with van der Waals surface area (Å²) in [6.45, 7) is 9.88. The Bertz CT molecular complexity index is 1040. The summed E-state index contributed by atoms with van der Waals surface area (Å²) >= 11 is 0. The number of carbonyl (C=O) groups excluding carboxylic acids is 1. The van der Waals surface area contributed by atoms with Gasteiger partial charge >= 0.3 is 6.03 Å². The van der Waals surface area contributed by atoms with Crippen LogP contribution in [-0.4, -0.2) is 38.5 Å². The van der Waals surface area contributed by atoms with Gasteiger partial charge in [-0.05, 0) is 61.4 Å². The Labute approximate surface area is 204 Å². The summed E-state index contributed by atoms with van der Waals surface area (Å²) in [6, 6.07) is 15.2. The van der Waals surface area contributed by atoms with Gasteiger partial charge in [-0.1, -0.05) is 55.5 Å². The van der Waals surface area contributed by atoms with E-state index in [0.717, 1.165) is 36.7 Å². The number of nitrogens with zero attached hydrogens (tertiary/aromatic N) is 1. The van der Waals surface area contributed by atoms with Gasteiger partial charge < -0.3 is 10.6 Å². The molecule has 1 aliphatic heterocycles. The minimum atomic E-state index is -3.44. The van der Waals surface area contributed by atoms with Crippen molar-refractivity contribution in [2.75, 3.05) is 13.1 Å². The van der Waals surface area contributed by atoms with Gasteiger partial charge in [-0.15, -0.1) is 0 Å². The highest BCUT2D eigenvalue weighted by molar-refractivity contribution is 7.88. The number of nitrogens with one attached hydrogen (secondary N) is 3. The Kier molecular flexibility index (Phi) is 9.50. The van der Waals surface area contributed by atoms with Crippen LogP contribution in [0.15, 0.2) is 48.5 Å². The molecule has 1 atom stereocenters. The molecule has 0 saturated carbocycles. The highest BCUT2D eigenvalue weighted by Crippen LogP contribution is 2.18. The third kappa shape index (κ3) is 8.74. The van der Waals surface area contributed by atoms with Crippen LogP contribution in [-0.2, 0) is 35.4 Å². The van der Waals surface area contributed by atoms with Crippen LogP contribution in [0.2, 0.25) is 0 Å². The molecule has 1 aliphatic rings. The fraction of sp³-hybridized carbons (Fsp3) is 0.500. The number of amides is 2. The first kappa shape index (κ1) is 26.2. The molecule has 8 heteroatoms. The van der Waals surface area contributed by atoms with E-state index in [4.69, 9.17) is 0 Å². The molecule has 1 fully saturated rings. The largest absolute Gasteiger partial charge is 0.334 e. The van der Waals surface area contributed by atoms with Gasteiger partial charge in [0.1, 0.15) is 0 Å². The number of rotatable bonds is 10. The number of hydrogen-bond acceptors (Lipinski definition) is 4. The normalized spacial score (nSPS) is 17.0. The summed E-state index contributed by atoms with van der Waals surface area (Å²) < 4.78 is 27.2. The zero-order valence-electron chi connectivity index (χ0n) is 20.5. The lowest BCUT2D eigenvalue weighted by atomic mass is 9.99. The molecular weight excluding hydrogens is 448 g/mol. The fourth-order valence-electron chi connectivity index (χ4n) is 4.35. The van der Waals surface area contributed by atoms with Crippen LogP contribution in [0.5, 0.6) is 0 Å². The second-order valence-electron chi connectivity index (χ2n) is 9.64. The van der Waals surface area contributed by atoms with Crippen molar-refractivity contribution < 1.29 is 13.2 Å². The molecule has 1 unspecified atom stereocenters. The average Bonchev–Trinajstić information content (AvgIpc) is 2.77. The van der Waals surface area contributed by atoms with E-state index in [-0.39, 0.29) is 24.4 Å². The monoisotopic (exact) mass is 486 g/mol. The number of benzene rings is 2. The number of likely N-dealkylation sites (tertiary alicyclic amines) is 1. The second-order valence-corrected chi connectivity index (χ2v) is 11.4. The molecule has 0 bridgehead atoms. The Morgan fingerprint density at radius 2 is 1.65 bits per heavy atom. The van der Waals surface area contributed by atoms with Gasteiger partial charge in [0.25, 0.3) is 0 Å². The summed E-state index contributed by atoms with van der Waals surface area (Å²) in [6.07, 6.45) is 2.59. The summed E-state index contributed by atoms with van der Waals surface area (Å²) in [5, 5.41) is 5.71. The Hall–Kier alpha value is -2.42. The second kappa shape index (κ2) is 12.3. The van der Waals surface area contributed by atoms with Crippen molar-refractivity contribution in [2.24, 2.45) is 5.92 Å². The van der Waals surface area contributed by atoms with E-state index in [1.807, 2.05) is 12.1 Å². The zero-order chi connectivity index (χ0) is 24.6. The van der Waals surface area contributed by atoms with Crippen LogP contribution in [0.1, 0.15) is 55.9 Å². The maximum absolute atomic E-state index is 12.3. The average molecular weight is 487 g/mol. The van der Waals surface area contributed by atoms with Crippen molar-refractivity contribution in [2.45, 2.75) is 65.0 Å². The van der Waals surface area contributed by atoms with Gasteiger partial charge in [0.15, 0.2) is 0 Å². The van der Waals surface area contributed by atoms with Gasteiger partial charge in [0.2, 0.25) is 10.0 Å². The van der Waals surface area contributed by atoms with Gasteiger partial charge in [0.05, 0.1) is 5.75 Å². The van der Waals surface area contributed by atoms with E-state index in [0.29, 0.717) is 12.1 Å². The minimum absolute atomic E-state index is 0.118. The van der Waals surface area contributed by atoms with E-state index in [1.54, 1.807) is 26.0 Å². The van der Waals surface area contributed by atoms with Gasteiger partial charge in [-0.2, -0.15) is 0 Å². The smallest absolute Gasteiger partial charge is 0.315 e. The van der Waals surface area contributed by atoms with Crippen LogP contribution < -0.4 is 15.4 Å². The lowest BCUT2D eigenvalue weighted by Crippen LogP contribution is -2.35. The lowest BCUT2D eigenvalue weighted by molar-refractivity contribution is 0.176. The Morgan fingerprint density at radius 1 is 1.00 bits per heavy atom. The molecule has 2 aromatic rings. The van der Waals surface area contributed by atoms with Crippen molar-refractivity contribution in [1.82, 2.24) is 20.3 Å². The molecule has 1 heterocycles. The van der Waals surface area contributed by atoms with E-state index in [2.05, 4.69) is 51.4 Å². The Morgan fingerprint density at radius 3 is 2.32 bits per heavy atom. The summed E-state index contributed by atoms with van der Waals surface area (Å²) in [7, 11) is -3.44. The van der Waals surface area contributed by atoms with Crippen LogP contribution >= 0.6 is 0 Å². The molecule has 0 aromatic heterocycles. The molecule has 7 nitrogen and oxygen atoms in total. The first-order valence-electron chi connectivity index (χ1n) is 12.1. The molecule has 3 rings (SSSR count). The maximum Gasteiger partial charge on any atom is 0.315 e. The molecular formula is C26H38N4O3S. The highest BCUT2D eigenvalue weighted by atomic mass is 32.2. The van der Waals surface area contributed by atoms with E-state index in [1.165, 1.54) is 18.4 Å². The number of sulfonamides is 1. The van der Waals surface area contributed by atoms with Crippen LogP contribution in [0.3, 0.4) is 0 Å². The maximum atomic E-state index is 12.3. The third-order valence-electron chi connectivity index (χ3n) is 5.94. The first-order valence-corrected chi connectivity index (χ1v) is 13.7. The minimum Gasteiger partial charge on any atom is -0.334 e. The standard InChI is InChI=1S/C26H38N4O3S/c1-20(2)29-34(32,33)19-25-9-5-4-8-24(25)16-28-26(31)27-15-22-10-12-23(13-11-22)18-30-14-6-7-21(3)17-30/h4-5,8-13,20-21,29H,6-7,14-19H2,1-3H3,(H2,27,28,31). The van der Waals surface area contributed by atoms with Crippen molar-refractivity contribution >= 4 is 16.1 Å². The number of piperidine rings is 1. The lowest BCUT2D eigenvalue weighted by Gasteiger charge is -2.30. The van der Waals surface area contributed by atoms with Crippen molar-refractivity contribution in [3.63, 3.8) is 0 Å². The van der Waals surface area contributed by atoms with Gasteiger partial charge in [0, 0.05) is 32.2 Å². The number of hydrogen-bond donors (Lipinski definition) is 3. The summed E-state index contributed by atoms with van der Waals surface area (Å²) in [5.41, 5.74) is 3.79. The van der Waals surface area contributed by atoms with Crippen LogP contribution in [0.25, 0.3) is 0 Å². The van der Waals surface area contributed by atoms with Crippen LogP contribution in [0, 0.1) is 5.92 Å². The topological polar surface area (TPSA) is 90.5 Å². The molecule has 2 amide bonds. The number of carbonyl (C=O) groups is 1. The first-order chi connectivity index (χ1) is 16.2. The quantitative estimate of drug-likeness (QED) is 0.477.